The zero-order valence-electron chi connectivity index (χ0n) is 44.3. The molecule has 0 fully saturated rings. The lowest BCUT2D eigenvalue weighted by Gasteiger charge is -2.51. The number of allylic oxidation sites excluding steroid dienone is 2. The van der Waals surface area contributed by atoms with E-state index in [1.54, 1.807) is 0 Å². The largest absolute Gasteiger partial charge is 0.462 e. The van der Waals surface area contributed by atoms with Crippen molar-refractivity contribution in [2.75, 3.05) is 9.80 Å². The highest BCUT2D eigenvalue weighted by Crippen LogP contribution is 2.52. The van der Waals surface area contributed by atoms with Crippen molar-refractivity contribution in [2.45, 2.75) is 146 Å². The Morgan fingerprint density at radius 2 is 1.01 bits per heavy atom. The number of rotatable bonds is 2. The van der Waals surface area contributed by atoms with Crippen molar-refractivity contribution < 1.29 is 9.47 Å². The summed E-state index contributed by atoms with van der Waals surface area (Å²) in [5.41, 5.74) is 23.5. The van der Waals surface area contributed by atoms with Crippen LogP contribution in [-0.2, 0) is 16.2 Å². The Hall–Kier alpha value is -5.87. The van der Waals surface area contributed by atoms with Crippen LogP contribution in [0.2, 0.25) is 5.82 Å². The van der Waals surface area contributed by atoms with Gasteiger partial charge in [-0.2, -0.15) is 0 Å². The summed E-state index contributed by atoms with van der Waals surface area (Å²) in [6.07, 6.45) is 4.96. The standard InChI is InChI=1S/C63H70B2N2O2/c1-35-22-36(2)25-44(24-35)66-50-28-40(60(6,7)8)18-20-46(50)64-48-34-49-59(39(5)58(48)68-54-32-42(62(12,13)14)30-52(66)56(54)64)69-55-33-43(63(15,16)17)31-53-57(55)65(49)47-21-19-41(61(9,10)11)29-51(47)67(53)45-26-37(3)23-38(4)27-45/h18-34,52,56H,1-17H3. The van der Waals surface area contributed by atoms with Crippen LogP contribution in [0.4, 0.5) is 28.4 Å². The van der Waals surface area contributed by atoms with Crippen molar-refractivity contribution in [3.63, 3.8) is 0 Å². The number of nitrogens with zero attached hydrogens (tertiary/aromatic N) is 2. The first-order valence-electron chi connectivity index (χ1n) is 25.5. The molecular formula is C63H70B2N2O2. The lowest BCUT2D eigenvalue weighted by molar-refractivity contribution is 0.373. The number of ether oxygens (including phenoxy) is 2. The van der Waals surface area contributed by atoms with Gasteiger partial charge in [-0.05, 0) is 183 Å². The molecule has 0 bridgehead atoms. The molecule has 0 aromatic heterocycles. The van der Waals surface area contributed by atoms with Gasteiger partial charge in [-0.25, -0.2) is 0 Å². The third-order valence-corrected chi connectivity index (χ3v) is 15.9. The maximum Gasteiger partial charge on any atom is 0.256 e. The first-order valence-corrected chi connectivity index (χ1v) is 25.5. The third-order valence-electron chi connectivity index (χ3n) is 15.9. The van der Waals surface area contributed by atoms with Gasteiger partial charge in [-0.1, -0.05) is 132 Å². The first kappa shape index (κ1) is 45.6. The quantitative estimate of drug-likeness (QED) is 0.161. The highest BCUT2D eigenvalue weighted by Gasteiger charge is 2.54. The summed E-state index contributed by atoms with van der Waals surface area (Å²) < 4.78 is 15.0. The summed E-state index contributed by atoms with van der Waals surface area (Å²) in [4.78, 5) is 5.21. The summed E-state index contributed by atoms with van der Waals surface area (Å²) in [6, 6.07) is 36.0. The average molecular weight is 909 g/mol. The van der Waals surface area contributed by atoms with E-state index in [4.69, 9.17) is 9.47 Å². The monoisotopic (exact) mass is 909 g/mol. The minimum Gasteiger partial charge on any atom is -0.462 e. The molecule has 4 nitrogen and oxygen atoms in total. The molecule has 0 amide bonds. The van der Waals surface area contributed by atoms with Gasteiger partial charge in [0.25, 0.3) is 6.71 Å². The van der Waals surface area contributed by atoms with Crippen molar-refractivity contribution >= 4 is 69.2 Å². The normalized spacial score (nSPS) is 17.9. The van der Waals surface area contributed by atoms with E-state index in [0.717, 1.165) is 28.6 Å². The molecule has 0 radical (unpaired) electrons. The summed E-state index contributed by atoms with van der Waals surface area (Å²) >= 11 is 0. The van der Waals surface area contributed by atoms with Crippen LogP contribution in [0.3, 0.4) is 0 Å². The van der Waals surface area contributed by atoms with E-state index in [-0.39, 0.29) is 46.9 Å². The van der Waals surface area contributed by atoms with Crippen LogP contribution in [0, 0.1) is 40.0 Å². The second-order valence-electron chi connectivity index (χ2n) is 25.5. The van der Waals surface area contributed by atoms with Crippen LogP contribution < -0.4 is 46.6 Å². The molecule has 4 heterocycles. The third kappa shape index (κ3) is 7.24. The van der Waals surface area contributed by atoms with Gasteiger partial charge in [0.1, 0.15) is 23.0 Å². The Balaban J connectivity index is 1.21. The molecular weight excluding hydrogens is 838 g/mol. The summed E-state index contributed by atoms with van der Waals surface area (Å²) in [6.45, 7) is 39.1. The molecule has 4 aliphatic heterocycles. The minimum absolute atomic E-state index is 0.0228. The molecule has 2 unspecified atom stereocenters. The Bertz CT molecular complexity index is 3210. The van der Waals surface area contributed by atoms with Gasteiger partial charge in [0, 0.05) is 39.8 Å². The second-order valence-corrected chi connectivity index (χ2v) is 25.5. The molecule has 6 aromatic rings. The van der Waals surface area contributed by atoms with Crippen LogP contribution in [0.1, 0.15) is 128 Å². The highest BCUT2D eigenvalue weighted by atomic mass is 16.5. The number of hydrogen-bond acceptors (Lipinski definition) is 4. The fourth-order valence-electron chi connectivity index (χ4n) is 12.3. The van der Waals surface area contributed by atoms with Gasteiger partial charge in [-0.3, -0.25) is 0 Å². The van der Waals surface area contributed by atoms with Crippen LogP contribution in [0.25, 0.3) is 0 Å². The SMILES string of the molecule is Cc1cc(C)cc(N2c3cc(C(C)(C)C)ccc3B3c4cc5c(c(C)c4Oc4cc(C(C)(C)C)cc2c43)OC2=CC(C(C)(C)C)=CC3C2B5c2ccc(C(C)(C)C)cc2N3c2cc(C)cc(C)c2)c1. The van der Waals surface area contributed by atoms with E-state index in [1.165, 1.54) is 100 Å². The molecule has 0 spiro atoms. The fourth-order valence-corrected chi connectivity index (χ4v) is 12.3. The Labute approximate surface area is 414 Å². The first-order chi connectivity index (χ1) is 32.3. The van der Waals surface area contributed by atoms with Gasteiger partial charge >= 0.3 is 0 Å². The lowest BCUT2D eigenvalue weighted by atomic mass is 9.27. The van der Waals surface area contributed by atoms with E-state index in [1.807, 2.05) is 0 Å². The van der Waals surface area contributed by atoms with Gasteiger partial charge in [-0.15, -0.1) is 0 Å². The summed E-state index contributed by atoms with van der Waals surface area (Å²) in [7, 11) is 0. The van der Waals surface area contributed by atoms with Gasteiger partial charge < -0.3 is 19.3 Å². The van der Waals surface area contributed by atoms with Gasteiger partial charge in [0.05, 0.1) is 6.04 Å². The predicted octanol–water partition coefficient (Wildman–Crippen LogP) is 13.3. The van der Waals surface area contributed by atoms with Crippen molar-refractivity contribution in [2.24, 2.45) is 5.41 Å². The minimum atomic E-state index is -0.121. The van der Waals surface area contributed by atoms with E-state index in [9.17, 15) is 0 Å². The molecule has 11 rings (SSSR count). The van der Waals surface area contributed by atoms with Crippen LogP contribution in [0.15, 0.2) is 114 Å². The molecule has 0 saturated carbocycles. The molecule has 69 heavy (non-hydrogen) atoms. The van der Waals surface area contributed by atoms with Crippen LogP contribution in [0.5, 0.6) is 17.2 Å². The zero-order valence-corrected chi connectivity index (χ0v) is 44.3. The van der Waals surface area contributed by atoms with Crippen molar-refractivity contribution in [1.29, 1.82) is 0 Å². The van der Waals surface area contributed by atoms with Crippen LogP contribution >= 0.6 is 0 Å². The van der Waals surface area contributed by atoms with Crippen molar-refractivity contribution in [3.8, 4) is 17.2 Å². The highest BCUT2D eigenvalue weighted by molar-refractivity contribution is 7.00. The zero-order chi connectivity index (χ0) is 49.2. The number of anilines is 5. The Morgan fingerprint density at radius 1 is 0.478 bits per heavy atom. The topological polar surface area (TPSA) is 24.9 Å². The molecule has 0 N–H and O–H groups in total. The van der Waals surface area contributed by atoms with Gasteiger partial charge in [0.2, 0.25) is 6.71 Å². The molecule has 2 atom stereocenters. The van der Waals surface area contributed by atoms with Gasteiger partial charge in [0.15, 0.2) is 0 Å². The molecule has 6 heteroatoms. The van der Waals surface area contributed by atoms with E-state index in [2.05, 4.69) is 231 Å². The van der Waals surface area contributed by atoms with E-state index < -0.39 is 0 Å². The molecule has 1 aliphatic carbocycles. The number of fused-ring (bicyclic) bond motifs is 8. The molecule has 0 saturated heterocycles. The second kappa shape index (κ2) is 15.1. The molecule has 6 aromatic carbocycles. The lowest BCUT2D eigenvalue weighted by Crippen LogP contribution is -2.64. The Morgan fingerprint density at radius 3 is 1.59 bits per heavy atom. The van der Waals surface area contributed by atoms with E-state index >= 15 is 0 Å². The average Bonchev–Trinajstić information content (AvgIpc) is 3.24. The summed E-state index contributed by atoms with van der Waals surface area (Å²) in [5.74, 6) is 3.88. The summed E-state index contributed by atoms with van der Waals surface area (Å²) in [5, 5.41) is 0. The number of hydrogen-bond donors (Lipinski definition) is 0. The molecule has 350 valence electrons. The van der Waals surface area contributed by atoms with Crippen LogP contribution in [-0.4, -0.2) is 19.5 Å². The maximum atomic E-state index is 7.52. The number of benzene rings is 6. The molecule has 5 aliphatic rings. The maximum absolute atomic E-state index is 7.52. The van der Waals surface area contributed by atoms with E-state index in [0.29, 0.717) is 0 Å². The number of aryl methyl sites for hydroxylation is 4. The Kier molecular flexibility index (Phi) is 9.95. The smallest absolute Gasteiger partial charge is 0.256 e. The van der Waals surface area contributed by atoms with Crippen molar-refractivity contribution in [3.05, 3.63) is 159 Å². The van der Waals surface area contributed by atoms with Crippen molar-refractivity contribution in [1.82, 2.24) is 0 Å². The fraction of sp³-hybridized carbons (Fsp3) is 0.365. The predicted molar refractivity (Wildman–Crippen MR) is 296 cm³/mol.